The summed E-state index contributed by atoms with van der Waals surface area (Å²) in [7, 11) is 1.31. The van der Waals surface area contributed by atoms with E-state index in [1.165, 1.54) is 13.3 Å². The zero-order valence-electron chi connectivity index (χ0n) is 15.4. The Bertz CT molecular complexity index is 626. The number of rotatable bonds is 3. The second-order valence-electron chi connectivity index (χ2n) is 7.13. The van der Waals surface area contributed by atoms with Crippen LogP contribution in [-0.4, -0.2) is 53.3 Å². The highest BCUT2D eigenvalue weighted by Crippen LogP contribution is 2.26. The van der Waals surface area contributed by atoms with Gasteiger partial charge < -0.3 is 19.1 Å². The van der Waals surface area contributed by atoms with E-state index < -0.39 is 11.6 Å². The highest BCUT2D eigenvalue weighted by Gasteiger charge is 2.33. The van der Waals surface area contributed by atoms with Crippen LogP contribution in [-0.2, 0) is 9.47 Å². The molecule has 2 atom stereocenters. The number of aromatic nitrogens is 1. The Kier molecular flexibility index (Phi) is 5.87. The number of piperidine rings is 1. The second-order valence-corrected chi connectivity index (χ2v) is 7.13. The molecule has 2 rings (SSSR count). The Labute approximate surface area is 148 Å². The molecule has 7 nitrogen and oxygen atoms in total. The number of pyridine rings is 1. The van der Waals surface area contributed by atoms with E-state index in [2.05, 4.69) is 4.98 Å². The summed E-state index contributed by atoms with van der Waals surface area (Å²) in [5.41, 5.74) is -0.359. The van der Waals surface area contributed by atoms with Crippen LogP contribution in [0.5, 0.6) is 5.75 Å². The fourth-order valence-corrected chi connectivity index (χ4v) is 2.74. The second kappa shape index (κ2) is 7.72. The van der Waals surface area contributed by atoms with Crippen LogP contribution in [0, 0.1) is 0 Å². The first kappa shape index (κ1) is 19.0. The van der Waals surface area contributed by atoms with Gasteiger partial charge in [-0.05, 0) is 39.8 Å². The molecular formula is C18H26N2O5. The van der Waals surface area contributed by atoms with Crippen LogP contribution in [0.25, 0.3) is 0 Å². The Morgan fingerprint density at radius 3 is 2.64 bits per heavy atom. The van der Waals surface area contributed by atoms with Crippen molar-refractivity contribution in [2.45, 2.75) is 58.3 Å². The average molecular weight is 350 g/mol. The standard InChI is InChI=1S/C18H26N2O5/c1-12-11-13(8-10-20(12)17(22)25-18(2,3)4)24-14-7-6-9-19-15(14)16(21)23-5/h6-7,9,12-13H,8,10-11H2,1-5H3/t12-,13-/m0/s1. The lowest BCUT2D eigenvalue weighted by Crippen LogP contribution is -2.49. The minimum atomic E-state index is -0.533. The SMILES string of the molecule is COC(=O)c1ncccc1O[C@H]1CCN(C(=O)OC(C)(C)C)[C@@H](C)C1. The lowest BCUT2D eigenvalue weighted by atomic mass is 10.0. The van der Waals surface area contributed by atoms with Crippen molar-refractivity contribution in [3.8, 4) is 5.75 Å². The molecule has 0 bridgehead atoms. The fourth-order valence-electron chi connectivity index (χ4n) is 2.74. The molecule has 7 heteroatoms. The van der Waals surface area contributed by atoms with Gasteiger partial charge in [-0.25, -0.2) is 14.6 Å². The predicted molar refractivity (Wildman–Crippen MR) is 91.6 cm³/mol. The largest absolute Gasteiger partial charge is 0.488 e. The lowest BCUT2D eigenvalue weighted by Gasteiger charge is -2.38. The molecule has 25 heavy (non-hydrogen) atoms. The topological polar surface area (TPSA) is 78.0 Å². The number of hydrogen-bond acceptors (Lipinski definition) is 6. The maximum atomic E-state index is 12.3. The summed E-state index contributed by atoms with van der Waals surface area (Å²) in [4.78, 5) is 29.8. The number of likely N-dealkylation sites (tertiary alicyclic amines) is 1. The van der Waals surface area contributed by atoms with Crippen molar-refractivity contribution in [3.63, 3.8) is 0 Å². The van der Waals surface area contributed by atoms with Crippen LogP contribution in [0.1, 0.15) is 51.0 Å². The minimum absolute atomic E-state index is 0.0214. The van der Waals surface area contributed by atoms with E-state index in [0.717, 1.165) is 0 Å². The molecule has 0 N–H and O–H groups in total. The third-order valence-corrected chi connectivity index (χ3v) is 3.90. The molecule has 1 aromatic rings. The van der Waals surface area contributed by atoms with Gasteiger partial charge in [0, 0.05) is 31.6 Å². The number of esters is 1. The average Bonchev–Trinajstić information content (AvgIpc) is 2.53. The van der Waals surface area contributed by atoms with Gasteiger partial charge in [0.15, 0.2) is 11.4 Å². The molecule has 0 radical (unpaired) electrons. The molecule has 138 valence electrons. The Morgan fingerprint density at radius 1 is 1.32 bits per heavy atom. The van der Waals surface area contributed by atoms with Gasteiger partial charge in [-0.1, -0.05) is 0 Å². The van der Waals surface area contributed by atoms with Crippen molar-refractivity contribution in [1.29, 1.82) is 0 Å². The third kappa shape index (κ3) is 5.08. The molecule has 0 unspecified atom stereocenters. The number of carbonyl (C=O) groups is 2. The Morgan fingerprint density at radius 2 is 2.04 bits per heavy atom. The molecule has 1 fully saturated rings. The third-order valence-electron chi connectivity index (χ3n) is 3.90. The zero-order chi connectivity index (χ0) is 18.6. The summed E-state index contributed by atoms with van der Waals surface area (Å²) in [6.45, 7) is 8.05. The first-order valence-electron chi connectivity index (χ1n) is 8.41. The van der Waals surface area contributed by atoms with E-state index in [1.807, 2.05) is 27.7 Å². The van der Waals surface area contributed by atoms with Crippen molar-refractivity contribution in [2.75, 3.05) is 13.7 Å². The highest BCUT2D eigenvalue weighted by atomic mass is 16.6. The number of amides is 1. The molecule has 0 spiro atoms. The van der Waals surface area contributed by atoms with E-state index in [9.17, 15) is 9.59 Å². The van der Waals surface area contributed by atoms with Gasteiger partial charge in [-0.3, -0.25) is 0 Å². The van der Waals surface area contributed by atoms with Gasteiger partial charge in [-0.2, -0.15) is 0 Å². The fraction of sp³-hybridized carbons (Fsp3) is 0.611. The van der Waals surface area contributed by atoms with Crippen molar-refractivity contribution in [2.24, 2.45) is 0 Å². The zero-order valence-corrected chi connectivity index (χ0v) is 15.4. The van der Waals surface area contributed by atoms with Crippen LogP contribution in [0.15, 0.2) is 18.3 Å². The van der Waals surface area contributed by atoms with Crippen molar-refractivity contribution in [3.05, 3.63) is 24.0 Å². The van der Waals surface area contributed by atoms with Gasteiger partial charge >= 0.3 is 12.1 Å². The van der Waals surface area contributed by atoms with Crippen LogP contribution in [0.4, 0.5) is 4.79 Å². The van der Waals surface area contributed by atoms with E-state index >= 15 is 0 Å². The maximum absolute atomic E-state index is 12.3. The molecule has 2 heterocycles. The number of nitrogens with zero attached hydrogens (tertiary/aromatic N) is 2. The molecule has 1 aromatic heterocycles. The van der Waals surface area contributed by atoms with Crippen molar-refractivity contribution < 1.29 is 23.8 Å². The van der Waals surface area contributed by atoms with E-state index in [-0.39, 0.29) is 23.9 Å². The minimum Gasteiger partial charge on any atom is -0.488 e. The quantitative estimate of drug-likeness (QED) is 0.780. The molecule has 0 aliphatic carbocycles. The van der Waals surface area contributed by atoms with Crippen molar-refractivity contribution in [1.82, 2.24) is 9.88 Å². The maximum Gasteiger partial charge on any atom is 0.410 e. The van der Waals surface area contributed by atoms with Crippen LogP contribution < -0.4 is 4.74 Å². The number of hydrogen-bond donors (Lipinski definition) is 0. The van der Waals surface area contributed by atoms with E-state index in [0.29, 0.717) is 25.1 Å². The highest BCUT2D eigenvalue weighted by molar-refractivity contribution is 5.90. The van der Waals surface area contributed by atoms with Crippen LogP contribution >= 0.6 is 0 Å². The van der Waals surface area contributed by atoms with Gasteiger partial charge in [0.2, 0.25) is 0 Å². The van der Waals surface area contributed by atoms with Gasteiger partial charge in [-0.15, -0.1) is 0 Å². The number of ether oxygens (including phenoxy) is 3. The summed E-state index contributed by atoms with van der Waals surface area (Å²) < 4.78 is 16.1. The Balaban J connectivity index is 2.00. The van der Waals surface area contributed by atoms with Gasteiger partial charge in [0.05, 0.1) is 7.11 Å². The van der Waals surface area contributed by atoms with Gasteiger partial charge in [0.25, 0.3) is 0 Å². The van der Waals surface area contributed by atoms with Crippen molar-refractivity contribution >= 4 is 12.1 Å². The summed E-state index contributed by atoms with van der Waals surface area (Å²) >= 11 is 0. The smallest absolute Gasteiger partial charge is 0.410 e. The molecule has 1 aliphatic rings. The van der Waals surface area contributed by atoms with E-state index in [1.54, 1.807) is 17.0 Å². The Hall–Kier alpha value is -2.31. The summed E-state index contributed by atoms with van der Waals surface area (Å²) in [5, 5.41) is 0. The molecule has 1 saturated heterocycles. The molecule has 0 saturated carbocycles. The monoisotopic (exact) mass is 350 g/mol. The predicted octanol–water partition coefficient (Wildman–Crippen LogP) is 3.04. The summed E-state index contributed by atoms with van der Waals surface area (Å²) in [5.74, 6) is -0.132. The number of methoxy groups -OCH3 is 1. The summed E-state index contributed by atoms with van der Waals surface area (Å²) in [6, 6.07) is 3.39. The van der Waals surface area contributed by atoms with Gasteiger partial charge in [0.1, 0.15) is 11.7 Å². The molecular weight excluding hydrogens is 324 g/mol. The van der Waals surface area contributed by atoms with E-state index in [4.69, 9.17) is 14.2 Å². The summed E-state index contributed by atoms with van der Waals surface area (Å²) in [6.07, 6.45) is 2.40. The number of carbonyl (C=O) groups excluding carboxylic acids is 2. The normalized spacial score (nSPS) is 20.8. The van der Waals surface area contributed by atoms with Crippen LogP contribution in [0.2, 0.25) is 0 Å². The molecule has 1 aliphatic heterocycles. The lowest BCUT2D eigenvalue weighted by molar-refractivity contribution is -0.00117. The molecule has 1 amide bonds. The first-order chi connectivity index (χ1) is 11.7. The first-order valence-corrected chi connectivity index (χ1v) is 8.41. The molecule has 0 aromatic carbocycles. The van der Waals surface area contributed by atoms with Crippen LogP contribution in [0.3, 0.4) is 0 Å².